The molecule has 0 aliphatic heterocycles. The molecule has 0 aromatic heterocycles. The number of aliphatic hydroxyl groups is 1. The van der Waals surface area contributed by atoms with E-state index in [1.165, 1.54) is 0 Å². The number of rotatable bonds is 69. The minimum Gasteiger partial charge on any atom is -0.462 e. The van der Waals surface area contributed by atoms with Crippen molar-refractivity contribution in [2.75, 3.05) is 39.6 Å². The van der Waals surface area contributed by atoms with Crippen molar-refractivity contribution < 1.29 is 80.2 Å². The lowest BCUT2D eigenvalue weighted by atomic mass is 10.1. The second kappa shape index (κ2) is 73.5. The molecule has 0 aromatic carbocycles. The van der Waals surface area contributed by atoms with Gasteiger partial charge < -0.3 is 33.8 Å². The maximum atomic E-state index is 13.1. The normalized spacial score (nSPS) is 14.9. The highest BCUT2D eigenvalue weighted by Gasteiger charge is 2.30. The van der Waals surface area contributed by atoms with Crippen molar-refractivity contribution in [3.63, 3.8) is 0 Å². The fourth-order valence-corrected chi connectivity index (χ4v) is 10.7. The van der Waals surface area contributed by atoms with E-state index in [-0.39, 0.29) is 25.7 Å². The number of carbonyl (C=O) groups is 4. The highest BCUT2D eigenvalue weighted by Crippen LogP contribution is 2.45. The number of aliphatic hydroxyl groups excluding tert-OH is 1. The van der Waals surface area contributed by atoms with Gasteiger partial charge in [-0.25, -0.2) is 9.13 Å². The average Bonchev–Trinajstić information content (AvgIpc) is 0.909. The van der Waals surface area contributed by atoms with E-state index < -0.39 is 97.5 Å². The van der Waals surface area contributed by atoms with Crippen LogP contribution in [0.25, 0.3) is 0 Å². The minimum absolute atomic E-state index is 0.0252. The van der Waals surface area contributed by atoms with Gasteiger partial charge in [0.1, 0.15) is 19.3 Å². The minimum atomic E-state index is -5.01. The monoisotopic (exact) mass is 1460 g/mol. The molecular weight excluding hydrogens is 1330 g/mol. The highest BCUT2D eigenvalue weighted by atomic mass is 31.2. The van der Waals surface area contributed by atoms with E-state index in [4.69, 9.17) is 37.0 Å². The van der Waals surface area contributed by atoms with Crippen LogP contribution in [0.5, 0.6) is 0 Å². The van der Waals surface area contributed by atoms with Gasteiger partial charge in [0.05, 0.1) is 26.4 Å². The maximum Gasteiger partial charge on any atom is 0.472 e. The molecule has 0 saturated heterocycles. The number of carbonyl (C=O) groups excluding carboxylic acids is 4. The van der Waals surface area contributed by atoms with Crippen molar-refractivity contribution in [1.29, 1.82) is 0 Å². The molecule has 0 aliphatic rings. The first-order valence-corrected chi connectivity index (χ1v) is 41.0. The number of esters is 4. The molecule has 17 nitrogen and oxygen atoms in total. The average molecular weight is 1460 g/mol. The third-order valence-corrected chi connectivity index (χ3v) is 16.7. The second-order valence-electron chi connectivity index (χ2n) is 24.5. The quantitative estimate of drug-likeness (QED) is 0.0169. The second-order valence-corrected chi connectivity index (χ2v) is 27.4. The van der Waals surface area contributed by atoms with Crippen LogP contribution in [0, 0.1) is 0 Å². The van der Waals surface area contributed by atoms with Crippen molar-refractivity contribution in [3.8, 4) is 0 Å². The van der Waals surface area contributed by atoms with Crippen LogP contribution in [0.15, 0.2) is 182 Å². The topological polar surface area (TPSA) is 237 Å². The van der Waals surface area contributed by atoms with E-state index in [1.807, 2.05) is 30.4 Å². The Morgan fingerprint density at radius 2 is 0.539 bits per heavy atom. The van der Waals surface area contributed by atoms with E-state index in [9.17, 15) is 43.2 Å². The first kappa shape index (κ1) is 96.2. The molecular formula is C83H132O17P2. The zero-order valence-electron chi connectivity index (χ0n) is 62.7. The molecule has 0 fully saturated rings. The third-order valence-electron chi connectivity index (χ3n) is 14.8. The number of unbranched alkanes of at least 4 members (excludes halogenated alkanes) is 13. The van der Waals surface area contributed by atoms with Crippen molar-refractivity contribution in [2.45, 2.75) is 277 Å². The van der Waals surface area contributed by atoms with Crippen molar-refractivity contribution >= 4 is 39.5 Å². The van der Waals surface area contributed by atoms with Crippen LogP contribution in [0.3, 0.4) is 0 Å². The SMILES string of the molecule is CC/C=C\C/C=C\C/C=C\C/C=C\C/C=C\C/C=C\CCC(=O)OCC(COP(=O)(O)OCC(O)COP(=O)(O)OCC(COC(=O)CCC/C=C\C/C=C\C/C=C\C/C=C\C/C=C\CC)OC(=O)CCCCCCC/C=C\C/C=C\CCC)OC(=O)CCCCCCC/C=C\C/C=C\CCC. The predicted octanol–water partition coefficient (Wildman–Crippen LogP) is 22.0. The van der Waals surface area contributed by atoms with Crippen LogP contribution < -0.4 is 0 Å². The van der Waals surface area contributed by atoms with Gasteiger partial charge in [-0.1, -0.05) is 261 Å². The van der Waals surface area contributed by atoms with Gasteiger partial charge in [0.2, 0.25) is 0 Å². The smallest absolute Gasteiger partial charge is 0.462 e. The van der Waals surface area contributed by atoms with Crippen LogP contribution in [-0.2, 0) is 65.4 Å². The molecule has 5 unspecified atom stereocenters. The summed E-state index contributed by atoms with van der Waals surface area (Å²) in [5, 5.41) is 10.6. The van der Waals surface area contributed by atoms with Crippen molar-refractivity contribution in [3.05, 3.63) is 182 Å². The summed E-state index contributed by atoms with van der Waals surface area (Å²) in [5.74, 6) is -2.39. The van der Waals surface area contributed by atoms with E-state index in [2.05, 4.69) is 180 Å². The first-order valence-electron chi connectivity index (χ1n) is 38.0. The lowest BCUT2D eigenvalue weighted by molar-refractivity contribution is -0.161. The predicted molar refractivity (Wildman–Crippen MR) is 417 cm³/mol. The highest BCUT2D eigenvalue weighted by molar-refractivity contribution is 7.47. The number of hydrogen-bond donors (Lipinski definition) is 3. The Labute approximate surface area is 615 Å². The number of ether oxygens (including phenoxy) is 4. The Morgan fingerprint density at radius 3 is 0.873 bits per heavy atom. The Bertz CT molecular complexity index is 2650. The molecule has 0 spiro atoms. The third kappa shape index (κ3) is 72.5. The van der Waals surface area contributed by atoms with Gasteiger partial charge in [-0.15, -0.1) is 0 Å². The molecule has 0 bridgehead atoms. The summed E-state index contributed by atoms with van der Waals surface area (Å²) in [6.45, 7) is 4.29. The number of phosphoric ester groups is 2. The van der Waals surface area contributed by atoms with Gasteiger partial charge >= 0.3 is 39.5 Å². The molecule has 5 atom stereocenters. The zero-order valence-corrected chi connectivity index (χ0v) is 64.5. The molecule has 0 aliphatic carbocycles. The van der Waals surface area contributed by atoms with Crippen molar-refractivity contribution in [1.82, 2.24) is 0 Å². The number of allylic oxidation sites excluding steroid dienone is 30. The molecule has 19 heteroatoms. The molecule has 576 valence electrons. The van der Waals surface area contributed by atoms with E-state index in [0.29, 0.717) is 38.5 Å². The Hall–Kier alpha value is -5.84. The Balaban J connectivity index is 5.48. The number of phosphoric acid groups is 2. The molecule has 0 aromatic rings. The summed E-state index contributed by atoms with van der Waals surface area (Å²) in [7, 11) is -10.0. The fraction of sp³-hybridized carbons (Fsp3) is 0.590. The van der Waals surface area contributed by atoms with Gasteiger partial charge in [-0.2, -0.15) is 0 Å². The van der Waals surface area contributed by atoms with Crippen LogP contribution >= 0.6 is 15.6 Å². The summed E-state index contributed by atoms with van der Waals surface area (Å²) < 4.78 is 68.3. The molecule has 102 heavy (non-hydrogen) atoms. The van der Waals surface area contributed by atoms with E-state index in [1.54, 1.807) is 0 Å². The van der Waals surface area contributed by atoms with Crippen LogP contribution in [0.1, 0.15) is 259 Å². The van der Waals surface area contributed by atoms with Crippen molar-refractivity contribution in [2.24, 2.45) is 0 Å². The molecule has 3 N–H and O–H groups in total. The van der Waals surface area contributed by atoms with Gasteiger partial charge in [0.15, 0.2) is 12.2 Å². The molecule has 0 radical (unpaired) electrons. The molecule has 0 rings (SSSR count). The lowest BCUT2D eigenvalue weighted by Gasteiger charge is -2.21. The Kier molecular flexibility index (Phi) is 69.3. The fourth-order valence-electron chi connectivity index (χ4n) is 9.12. The lowest BCUT2D eigenvalue weighted by Crippen LogP contribution is -2.30. The molecule has 0 amide bonds. The first-order chi connectivity index (χ1) is 49.7. The van der Waals surface area contributed by atoms with E-state index in [0.717, 1.165) is 167 Å². The van der Waals surface area contributed by atoms with Gasteiger partial charge in [0, 0.05) is 25.7 Å². The summed E-state index contributed by atoms with van der Waals surface area (Å²) in [6, 6.07) is 0. The molecule has 0 saturated carbocycles. The van der Waals surface area contributed by atoms with Gasteiger partial charge in [0.25, 0.3) is 0 Å². The number of hydrogen-bond acceptors (Lipinski definition) is 15. The maximum absolute atomic E-state index is 13.1. The van der Waals surface area contributed by atoms with Gasteiger partial charge in [-0.3, -0.25) is 37.3 Å². The Morgan fingerprint density at radius 1 is 0.284 bits per heavy atom. The summed E-state index contributed by atoms with van der Waals surface area (Å²) in [5.41, 5.74) is 0. The zero-order chi connectivity index (χ0) is 74.6. The van der Waals surface area contributed by atoms with Crippen LogP contribution in [0.4, 0.5) is 0 Å². The summed E-state index contributed by atoms with van der Waals surface area (Å²) in [4.78, 5) is 72.8. The standard InChI is InChI=1S/C83H132O17P2/c1-5-9-13-17-21-25-29-33-35-37-38-40-42-46-48-52-56-60-64-68-81(86)94-74-79(100-83(88)70-66-62-58-54-50-44-32-28-24-20-16-12-8-4)76-98-102(91,92)96-72-77(84)71-95-101(89,90)97-75-78(99-82(87)69-65-61-57-53-49-43-31-27-23-19-15-11-7-3)73-93-80(85)67-63-59-55-51-47-45-41-39-36-34-30-26-22-18-14-10-6-2/h9-10,13-16,19-22,25-28,31-36,38,40-41,45-46,48,51,55-56,60,77-79,84H,5-8,11-12,17-18,23-24,29-30,37,39,42-44,47,49-50,52-54,57-59,61-76H2,1-4H3,(H,89,90)(H,91,92)/b13-9-,14-10-,19-15-,20-16-,25-21-,26-22-,31-27-,32-28-,35-33-,36-34-,40-38-,45-41-,48-46-,55-51-,60-56-. The largest absolute Gasteiger partial charge is 0.472 e. The van der Waals surface area contributed by atoms with Gasteiger partial charge in [-0.05, 0) is 154 Å². The summed E-state index contributed by atoms with van der Waals surface area (Å²) >= 11 is 0. The molecule has 0 heterocycles. The van der Waals surface area contributed by atoms with Crippen LogP contribution in [0.2, 0.25) is 0 Å². The van der Waals surface area contributed by atoms with Crippen LogP contribution in [-0.4, -0.2) is 96.7 Å². The summed E-state index contributed by atoms with van der Waals surface area (Å²) in [6.07, 6.45) is 87.7. The van der Waals surface area contributed by atoms with E-state index >= 15 is 0 Å².